The molecule has 4 amide bonds. The highest BCUT2D eigenvalue weighted by atomic mass is 127. The summed E-state index contributed by atoms with van der Waals surface area (Å²) in [6, 6.07) is 17.0. The molecule has 36 heavy (non-hydrogen) atoms. The molecule has 1 fully saturated rings. The topological polar surface area (TPSA) is 84.9 Å². The molecule has 1 aliphatic rings. The molecule has 1 saturated heterocycles. The third-order valence-electron chi connectivity index (χ3n) is 5.54. The number of benzene rings is 3. The zero-order chi connectivity index (χ0) is 25.8. The smallest absolute Gasteiger partial charge is 0.335 e. The Morgan fingerprint density at radius 3 is 2.44 bits per heavy atom. The number of barbiturate groups is 1. The number of methoxy groups -OCH3 is 1. The van der Waals surface area contributed by atoms with Gasteiger partial charge in [0.1, 0.15) is 12.2 Å². The number of carbonyl (C=O) groups excluding carboxylic acids is 3. The fraction of sp³-hybridized carbons (Fsp3) is 0.148. The van der Waals surface area contributed by atoms with Crippen molar-refractivity contribution in [1.29, 1.82) is 0 Å². The standard InChI is InChI=1S/C27H22ClIN2O5/c1-3-16-7-9-20(10-8-16)31-26(33)21(25(32)30-27(31)34)12-18-13-22(29)24(23(14-18)35-2)36-15-17-5-4-6-19(28)11-17/h4-14H,3,15H2,1-2H3,(H,30,32,34)/b21-12+. The number of anilines is 1. The maximum absolute atomic E-state index is 13.2. The van der Waals surface area contributed by atoms with Crippen LogP contribution in [0, 0.1) is 3.57 Å². The Hall–Kier alpha value is -3.37. The van der Waals surface area contributed by atoms with Gasteiger partial charge in [-0.1, -0.05) is 42.8 Å². The van der Waals surface area contributed by atoms with Gasteiger partial charge in [0.05, 0.1) is 16.4 Å². The monoisotopic (exact) mass is 616 g/mol. The van der Waals surface area contributed by atoms with E-state index >= 15 is 0 Å². The summed E-state index contributed by atoms with van der Waals surface area (Å²) < 4.78 is 12.2. The minimum Gasteiger partial charge on any atom is -0.493 e. The molecule has 0 atom stereocenters. The van der Waals surface area contributed by atoms with Crippen LogP contribution in [0.1, 0.15) is 23.6 Å². The van der Waals surface area contributed by atoms with E-state index in [0.29, 0.717) is 31.3 Å². The Bertz CT molecular complexity index is 1370. The molecular formula is C27H22ClIN2O5. The lowest BCUT2D eigenvalue weighted by molar-refractivity contribution is -0.122. The van der Waals surface area contributed by atoms with E-state index in [0.717, 1.165) is 22.4 Å². The van der Waals surface area contributed by atoms with Crippen LogP contribution in [0.5, 0.6) is 11.5 Å². The van der Waals surface area contributed by atoms with Crippen molar-refractivity contribution in [3.63, 3.8) is 0 Å². The average molecular weight is 617 g/mol. The molecule has 1 heterocycles. The number of ether oxygens (including phenoxy) is 2. The van der Waals surface area contributed by atoms with Crippen LogP contribution < -0.4 is 19.7 Å². The van der Waals surface area contributed by atoms with Gasteiger partial charge >= 0.3 is 6.03 Å². The van der Waals surface area contributed by atoms with Gasteiger partial charge in [0.15, 0.2) is 11.5 Å². The van der Waals surface area contributed by atoms with Crippen molar-refractivity contribution in [2.45, 2.75) is 20.0 Å². The van der Waals surface area contributed by atoms with Crippen LogP contribution in [-0.2, 0) is 22.6 Å². The van der Waals surface area contributed by atoms with Crippen LogP contribution in [-0.4, -0.2) is 25.0 Å². The summed E-state index contributed by atoms with van der Waals surface area (Å²) in [7, 11) is 1.51. The Labute approximate surface area is 227 Å². The average Bonchev–Trinajstić information content (AvgIpc) is 2.86. The number of aryl methyl sites for hydroxylation is 1. The molecule has 0 radical (unpaired) electrons. The third-order valence-corrected chi connectivity index (χ3v) is 6.58. The normalized spacial score (nSPS) is 14.7. The van der Waals surface area contributed by atoms with Crippen molar-refractivity contribution in [3.05, 3.63) is 91.5 Å². The molecule has 1 N–H and O–H groups in total. The van der Waals surface area contributed by atoms with E-state index in [-0.39, 0.29) is 12.2 Å². The highest BCUT2D eigenvalue weighted by molar-refractivity contribution is 14.1. The van der Waals surface area contributed by atoms with E-state index in [1.807, 2.05) is 37.3 Å². The molecular weight excluding hydrogens is 595 g/mol. The second kappa shape index (κ2) is 11.1. The molecule has 0 bridgehead atoms. The molecule has 0 spiro atoms. The van der Waals surface area contributed by atoms with Gasteiger partial charge in [-0.05, 0) is 88.2 Å². The quantitative estimate of drug-likeness (QED) is 0.207. The highest BCUT2D eigenvalue weighted by Gasteiger charge is 2.36. The maximum Gasteiger partial charge on any atom is 0.335 e. The van der Waals surface area contributed by atoms with Gasteiger partial charge in [0.2, 0.25) is 0 Å². The first-order valence-corrected chi connectivity index (χ1v) is 12.5. The third kappa shape index (κ3) is 5.55. The van der Waals surface area contributed by atoms with Crippen molar-refractivity contribution in [3.8, 4) is 11.5 Å². The van der Waals surface area contributed by atoms with Crippen LogP contribution in [0.4, 0.5) is 10.5 Å². The molecule has 3 aromatic carbocycles. The Balaban J connectivity index is 1.63. The first-order valence-electron chi connectivity index (χ1n) is 11.1. The van der Waals surface area contributed by atoms with Gasteiger partial charge in [0, 0.05) is 5.02 Å². The first kappa shape index (κ1) is 25.7. The SMILES string of the molecule is CCc1ccc(N2C(=O)NC(=O)/C(=C\c3cc(I)c(OCc4cccc(Cl)c4)c(OC)c3)C2=O)cc1. The van der Waals surface area contributed by atoms with E-state index in [4.69, 9.17) is 21.1 Å². The van der Waals surface area contributed by atoms with Gasteiger partial charge in [-0.25, -0.2) is 9.69 Å². The summed E-state index contributed by atoms with van der Waals surface area (Å²) in [5, 5.41) is 2.86. The summed E-state index contributed by atoms with van der Waals surface area (Å²) in [6.07, 6.45) is 2.26. The Morgan fingerprint density at radius 1 is 1.03 bits per heavy atom. The van der Waals surface area contributed by atoms with Crippen LogP contribution in [0.2, 0.25) is 5.02 Å². The number of rotatable bonds is 7. The lowest BCUT2D eigenvalue weighted by Gasteiger charge is -2.26. The molecule has 0 unspecified atom stereocenters. The second-order valence-electron chi connectivity index (χ2n) is 7.93. The number of urea groups is 1. The number of amides is 4. The van der Waals surface area contributed by atoms with E-state index < -0.39 is 17.8 Å². The number of nitrogens with one attached hydrogen (secondary N) is 1. The van der Waals surface area contributed by atoms with Gasteiger partial charge in [-0.3, -0.25) is 14.9 Å². The lowest BCUT2D eigenvalue weighted by atomic mass is 10.1. The molecule has 4 rings (SSSR count). The number of hydrogen-bond donors (Lipinski definition) is 1. The van der Waals surface area contributed by atoms with Crippen molar-refractivity contribution in [1.82, 2.24) is 5.32 Å². The van der Waals surface area contributed by atoms with Crippen molar-refractivity contribution < 1.29 is 23.9 Å². The van der Waals surface area contributed by atoms with Crippen LogP contribution >= 0.6 is 34.2 Å². The summed E-state index contributed by atoms with van der Waals surface area (Å²) in [5.41, 5.74) is 2.72. The minimum absolute atomic E-state index is 0.167. The van der Waals surface area contributed by atoms with Gasteiger partial charge in [-0.15, -0.1) is 0 Å². The zero-order valence-electron chi connectivity index (χ0n) is 19.5. The first-order chi connectivity index (χ1) is 17.3. The molecule has 184 valence electrons. The fourth-order valence-corrected chi connectivity index (χ4v) is 4.68. The highest BCUT2D eigenvalue weighted by Crippen LogP contribution is 2.35. The van der Waals surface area contributed by atoms with Crippen LogP contribution in [0.3, 0.4) is 0 Å². The lowest BCUT2D eigenvalue weighted by Crippen LogP contribution is -2.54. The summed E-state index contributed by atoms with van der Waals surface area (Å²) in [6.45, 7) is 2.29. The van der Waals surface area contributed by atoms with Crippen molar-refractivity contribution in [2.75, 3.05) is 12.0 Å². The number of hydrogen-bond acceptors (Lipinski definition) is 5. The zero-order valence-corrected chi connectivity index (χ0v) is 22.4. The number of nitrogens with zero attached hydrogens (tertiary/aromatic N) is 1. The predicted octanol–water partition coefficient (Wildman–Crippen LogP) is 5.76. The van der Waals surface area contributed by atoms with Crippen molar-refractivity contribution >= 4 is 63.8 Å². The molecule has 7 nitrogen and oxygen atoms in total. The van der Waals surface area contributed by atoms with Gasteiger partial charge < -0.3 is 9.47 Å². The molecule has 0 aliphatic carbocycles. The molecule has 3 aromatic rings. The molecule has 1 aliphatic heterocycles. The summed E-state index contributed by atoms with van der Waals surface area (Å²) >= 11 is 8.15. The molecule has 0 aromatic heterocycles. The van der Waals surface area contributed by atoms with Gasteiger partial charge in [0.25, 0.3) is 11.8 Å². The van der Waals surface area contributed by atoms with E-state index in [1.165, 1.54) is 13.2 Å². The molecule has 9 heteroatoms. The number of halogens is 2. The Morgan fingerprint density at radius 2 is 1.78 bits per heavy atom. The predicted molar refractivity (Wildman–Crippen MR) is 146 cm³/mol. The van der Waals surface area contributed by atoms with Crippen LogP contribution in [0.25, 0.3) is 6.08 Å². The molecule has 0 saturated carbocycles. The second-order valence-corrected chi connectivity index (χ2v) is 9.53. The fourth-order valence-electron chi connectivity index (χ4n) is 3.68. The van der Waals surface area contributed by atoms with Gasteiger partial charge in [-0.2, -0.15) is 0 Å². The largest absolute Gasteiger partial charge is 0.493 e. The Kier molecular flexibility index (Phi) is 7.95. The van der Waals surface area contributed by atoms with E-state index in [1.54, 1.807) is 30.3 Å². The van der Waals surface area contributed by atoms with Crippen molar-refractivity contribution in [2.24, 2.45) is 0 Å². The van der Waals surface area contributed by atoms with E-state index in [9.17, 15) is 14.4 Å². The number of imide groups is 2. The minimum atomic E-state index is -0.789. The maximum atomic E-state index is 13.2. The number of carbonyl (C=O) groups is 3. The summed E-state index contributed by atoms with van der Waals surface area (Å²) in [5.74, 6) is -0.514. The summed E-state index contributed by atoms with van der Waals surface area (Å²) in [4.78, 5) is 39.2. The van der Waals surface area contributed by atoms with E-state index in [2.05, 4.69) is 27.9 Å². The van der Waals surface area contributed by atoms with Crippen LogP contribution in [0.15, 0.2) is 66.2 Å².